The third-order valence-electron chi connectivity index (χ3n) is 2.72. The number of nitrogens with one attached hydrogen (secondary N) is 1. The summed E-state index contributed by atoms with van der Waals surface area (Å²) < 4.78 is 0. The molecular formula is C12H21N3O2. The first-order valence-electron chi connectivity index (χ1n) is 6.07. The van der Waals surface area contributed by atoms with Gasteiger partial charge in [0, 0.05) is 24.9 Å². The lowest BCUT2D eigenvalue weighted by Crippen LogP contribution is -2.37. The van der Waals surface area contributed by atoms with Crippen molar-refractivity contribution >= 4 is 5.91 Å². The second kappa shape index (κ2) is 7.06. The Morgan fingerprint density at radius 1 is 1.65 bits per heavy atom. The zero-order valence-electron chi connectivity index (χ0n) is 10.5. The van der Waals surface area contributed by atoms with Crippen molar-refractivity contribution in [3.05, 3.63) is 18.2 Å². The smallest absolute Gasteiger partial charge is 0.225 e. The van der Waals surface area contributed by atoms with Gasteiger partial charge < -0.3 is 15.0 Å². The first kappa shape index (κ1) is 13.7. The Bertz CT molecular complexity index is 325. The number of carbonyl (C=O) groups is 1. The highest BCUT2D eigenvalue weighted by Gasteiger charge is 2.20. The second-order valence-electron chi connectivity index (χ2n) is 4.21. The predicted octanol–water partition coefficient (Wildman–Crippen LogP) is 1.17. The number of aromatic nitrogens is 2. The summed E-state index contributed by atoms with van der Waals surface area (Å²) in [6.45, 7) is 4.75. The maximum absolute atomic E-state index is 12.1. The number of imidazole rings is 1. The van der Waals surface area contributed by atoms with Crippen LogP contribution in [0.4, 0.5) is 0 Å². The molecule has 1 aromatic rings. The lowest BCUT2D eigenvalue weighted by molar-refractivity contribution is -0.136. The Morgan fingerprint density at radius 3 is 2.94 bits per heavy atom. The minimum absolute atomic E-state index is 0.00140. The lowest BCUT2D eigenvalue weighted by atomic mass is 10.0. The number of nitrogens with zero attached hydrogens (tertiary/aromatic N) is 2. The van der Waals surface area contributed by atoms with E-state index in [1.807, 2.05) is 6.92 Å². The van der Waals surface area contributed by atoms with Gasteiger partial charge in [-0.1, -0.05) is 20.3 Å². The molecule has 96 valence electrons. The molecule has 17 heavy (non-hydrogen) atoms. The van der Waals surface area contributed by atoms with E-state index < -0.39 is 0 Å². The largest absolute Gasteiger partial charge is 0.395 e. The van der Waals surface area contributed by atoms with Crippen LogP contribution >= 0.6 is 0 Å². The van der Waals surface area contributed by atoms with Gasteiger partial charge in [-0.15, -0.1) is 0 Å². The SMILES string of the molecule is CCCC(C)C(=O)N(CCO)Cc1ncc[nH]1. The zero-order valence-corrected chi connectivity index (χ0v) is 10.5. The van der Waals surface area contributed by atoms with E-state index in [9.17, 15) is 4.79 Å². The van der Waals surface area contributed by atoms with Crippen LogP contribution in [-0.2, 0) is 11.3 Å². The number of hydrogen-bond acceptors (Lipinski definition) is 3. The fraction of sp³-hybridized carbons (Fsp3) is 0.667. The summed E-state index contributed by atoms with van der Waals surface area (Å²) >= 11 is 0. The third-order valence-corrected chi connectivity index (χ3v) is 2.72. The molecule has 2 N–H and O–H groups in total. The Morgan fingerprint density at radius 2 is 2.41 bits per heavy atom. The highest BCUT2D eigenvalue weighted by atomic mass is 16.3. The molecule has 1 amide bonds. The van der Waals surface area contributed by atoms with Gasteiger partial charge in [-0.3, -0.25) is 4.79 Å². The molecule has 1 aromatic heterocycles. The molecular weight excluding hydrogens is 218 g/mol. The Kier molecular flexibility index (Phi) is 5.69. The van der Waals surface area contributed by atoms with Crippen LogP contribution in [0, 0.1) is 5.92 Å². The number of hydrogen-bond donors (Lipinski definition) is 2. The van der Waals surface area contributed by atoms with Crippen molar-refractivity contribution in [1.29, 1.82) is 0 Å². The average molecular weight is 239 g/mol. The topological polar surface area (TPSA) is 69.2 Å². The van der Waals surface area contributed by atoms with Crippen LogP contribution in [0.25, 0.3) is 0 Å². The van der Waals surface area contributed by atoms with Gasteiger partial charge >= 0.3 is 0 Å². The molecule has 0 fully saturated rings. The van der Waals surface area contributed by atoms with E-state index >= 15 is 0 Å². The van der Waals surface area contributed by atoms with Gasteiger partial charge in [-0.05, 0) is 6.42 Å². The number of aromatic amines is 1. The molecule has 0 aliphatic carbocycles. The van der Waals surface area contributed by atoms with Crippen molar-refractivity contribution in [2.45, 2.75) is 33.2 Å². The molecule has 0 aliphatic rings. The summed E-state index contributed by atoms with van der Waals surface area (Å²) in [6.07, 6.45) is 5.25. The van der Waals surface area contributed by atoms with Crippen LogP contribution in [0.3, 0.4) is 0 Å². The Hall–Kier alpha value is -1.36. The van der Waals surface area contributed by atoms with E-state index in [-0.39, 0.29) is 18.4 Å². The van der Waals surface area contributed by atoms with Crippen LogP contribution < -0.4 is 0 Å². The molecule has 0 saturated carbocycles. The molecule has 0 spiro atoms. The molecule has 0 radical (unpaired) electrons. The fourth-order valence-electron chi connectivity index (χ4n) is 1.82. The minimum atomic E-state index is -0.0225. The number of H-pyrrole nitrogens is 1. The summed E-state index contributed by atoms with van der Waals surface area (Å²) in [6, 6.07) is 0. The van der Waals surface area contributed by atoms with Crippen LogP contribution in [0.5, 0.6) is 0 Å². The van der Waals surface area contributed by atoms with Crippen molar-refractivity contribution in [3.63, 3.8) is 0 Å². The number of amides is 1. The highest BCUT2D eigenvalue weighted by Crippen LogP contribution is 2.11. The van der Waals surface area contributed by atoms with Crippen LogP contribution in [0.15, 0.2) is 12.4 Å². The van der Waals surface area contributed by atoms with E-state index in [1.165, 1.54) is 0 Å². The van der Waals surface area contributed by atoms with E-state index in [0.29, 0.717) is 13.1 Å². The third kappa shape index (κ3) is 4.19. The van der Waals surface area contributed by atoms with E-state index in [1.54, 1.807) is 17.3 Å². The van der Waals surface area contributed by atoms with Crippen LogP contribution in [0.1, 0.15) is 32.5 Å². The first-order chi connectivity index (χ1) is 8.19. The Balaban J connectivity index is 2.61. The van der Waals surface area contributed by atoms with Crippen molar-refractivity contribution in [2.24, 2.45) is 5.92 Å². The van der Waals surface area contributed by atoms with Gasteiger partial charge in [0.15, 0.2) is 0 Å². The number of carbonyl (C=O) groups excluding carboxylic acids is 1. The zero-order chi connectivity index (χ0) is 12.7. The maximum atomic E-state index is 12.1. The van der Waals surface area contributed by atoms with Crippen LogP contribution in [0.2, 0.25) is 0 Å². The van der Waals surface area contributed by atoms with Crippen molar-refractivity contribution in [2.75, 3.05) is 13.2 Å². The average Bonchev–Trinajstić information content (AvgIpc) is 2.80. The summed E-state index contributed by atoms with van der Waals surface area (Å²) in [5, 5.41) is 9.00. The molecule has 0 aliphatic heterocycles. The molecule has 5 heteroatoms. The van der Waals surface area contributed by atoms with Crippen LogP contribution in [-0.4, -0.2) is 39.0 Å². The highest BCUT2D eigenvalue weighted by molar-refractivity contribution is 5.78. The second-order valence-corrected chi connectivity index (χ2v) is 4.21. The molecule has 1 heterocycles. The first-order valence-corrected chi connectivity index (χ1v) is 6.07. The van der Waals surface area contributed by atoms with E-state index in [2.05, 4.69) is 16.9 Å². The molecule has 5 nitrogen and oxygen atoms in total. The summed E-state index contributed by atoms with van der Waals surface area (Å²) in [5.41, 5.74) is 0. The monoisotopic (exact) mass is 239 g/mol. The summed E-state index contributed by atoms with van der Waals surface area (Å²) in [5.74, 6) is 0.828. The van der Waals surface area contributed by atoms with Gasteiger partial charge in [0.1, 0.15) is 5.82 Å². The predicted molar refractivity (Wildman–Crippen MR) is 65.2 cm³/mol. The summed E-state index contributed by atoms with van der Waals surface area (Å²) in [7, 11) is 0. The fourth-order valence-corrected chi connectivity index (χ4v) is 1.82. The summed E-state index contributed by atoms with van der Waals surface area (Å²) in [4.78, 5) is 20.8. The van der Waals surface area contributed by atoms with Gasteiger partial charge in [0.25, 0.3) is 0 Å². The quantitative estimate of drug-likeness (QED) is 0.750. The number of aliphatic hydroxyl groups is 1. The van der Waals surface area contributed by atoms with Gasteiger partial charge in [0.05, 0.1) is 13.2 Å². The van der Waals surface area contributed by atoms with Gasteiger partial charge in [-0.25, -0.2) is 4.98 Å². The molecule has 0 aromatic carbocycles. The lowest BCUT2D eigenvalue weighted by Gasteiger charge is -2.24. The van der Waals surface area contributed by atoms with Gasteiger partial charge in [0.2, 0.25) is 5.91 Å². The molecule has 1 atom stereocenters. The van der Waals surface area contributed by atoms with Crippen molar-refractivity contribution in [3.8, 4) is 0 Å². The van der Waals surface area contributed by atoms with Crippen molar-refractivity contribution in [1.82, 2.24) is 14.9 Å². The molecule has 1 rings (SSSR count). The standard InChI is InChI=1S/C12H21N3O2/c1-3-4-10(2)12(17)15(7-8-16)9-11-13-5-6-14-11/h5-6,10,16H,3-4,7-9H2,1-2H3,(H,13,14). The van der Waals surface area contributed by atoms with Crippen molar-refractivity contribution < 1.29 is 9.90 Å². The van der Waals surface area contributed by atoms with E-state index in [4.69, 9.17) is 5.11 Å². The Labute approximate surface area is 102 Å². The molecule has 0 saturated heterocycles. The van der Waals surface area contributed by atoms with E-state index in [0.717, 1.165) is 18.7 Å². The number of rotatable bonds is 7. The minimum Gasteiger partial charge on any atom is -0.395 e. The normalized spacial score (nSPS) is 12.4. The van der Waals surface area contributed by atoms with Gasteiger partial charge in [-0.2, -0.15) is 0 Å². The molecule has 0 bridgehead atoms. The maximum Gasteiger partial charge on any atom is 0.225 e. The molecule has 1 unspecified atom stereocenters. The number of aliphatic hydroxyl groups excluding tert-OH is 1.